The molecule has 0 aliphatic rings. The van der Waals surface area contributed by atoms with Gasteiger partial charge in [0.15, 0.2) is 6.10 Å². The molecule has 1 heterocycles. The van der Waals surface area contributed by atoms with Crippen molar-refractivity contribution in [2.75, 3.05) is 34.3 Å². The smallest absolute Gasteiger partial charge is 0.337 e. The average molecular weight is 692 g/mol. The molecule has 1 rings (SSSR count). The van der Waals surface area contributed by atoms with Gasteiger partial charge in [-0.3, -0.25) is 14.6 Å². The number of aromatic nitrogens is 1. The number of carbonyl (C=O) groups excluding carboxylic acids is 2. The highest BCUT2D eigenvalue weighted by Gasteiger charge is 2.25. The molecule has 8 nitrogen and oxygen atoms in total. The Bertz CT molecular complexity index is 876. The number of carboxylic acid groups (broad SMARTS) is 1. The maximum Gasteiger partial charge on any atom is 0.337 e. The van der Waals surface area contributed by atoms with Crippen molar-refractivity contribution in [1.82, 2.24) is 4.98 Å². The Balaban J connectivity index is 0.00000219. The Morgan fingerprint density at radius 2 is 1.12 bits per heavy atom. The Kier molecular flexibility index (Phi) is 31.1. The van der Waals surface area contributed by atoms with Crippen molar-refractivity contribution in [2.24, 2.45) is 0 Å². The summed E-state index contributed by atoms with van der Waals surface area (Å²) in [6, 6.07) is 3.08. The average Bonchev–Trinajstić information content (AvgIpc) is 3.05. The highest BCUT2D eigenvalue weighted by Crippen LogP contribution is 2.15. The summed E-state index contributed by atoms with van der Waals surface area (Å²) < 4.78 is 11.9. The zero-order chi connectivity index (χ0) is 36.4. The fourth-order valence-corrected chi connectivity index (χ4v) is 5.80. The predicted molar refractivity (Wildman–Crippen MR) is 202 cm³/mol. The molecule has 0 radical (unpaired) electrons. The highest BCUT2D eigenvalue weighted by molar-refractivity contribution is 5.86. The van der Waals surface area contributed by atoms with Crippen LogP contribution in [-0.2, 0) is 19.1 Å². The number of hydrogen-bond acceptors (Lipinski definition) is 6. The molecule has 1 aromatic rings. The van der Waals surface area contributed by atoms with Crippen LogP contribution < -0.4 is 0 Å². The van der Waals surface area contributed by atoms with E-state index in [1.165, 1.54) is 140 Å². The molecule has 1 aromatic heterocycles. The van der Waals surface area contributed by atoms with Gasteiger partial charge in [-0.15, -0.1) is 0 Å². The lowest BCUT2D eigenvalue weighted by atomic mass is 10.0. The molecule has 8 heteroatoms. The minimum Gasteiger partial charge on any atom is -0.478 e. The van der Waals surface area contributed by atoms with Gasteiger partial charge in [-0.25, -0.2) is 4.79 Å². The van der Waals surface area contributed by atoms with E-state index >= 15 is 0 Å². The van der Waals surface area contributed by atoms with Gasteiger partial charge in [0.1, 0.15) is 6.54 Å². The van der Waals surface area contributed by atoms with Crippen LogP contribution in [0.3, 0.4) is 0 Å². The van der Waals surface area contributed by atoms with Crippen LogP contribution in [0.15, 0.2) is 24.5 Å². The normalized spacial score (nSPS) is 11.8. The number of quaternary nitrogens is 1. The molecule has 0 saturated carbocycles. The molecule has 0 bridgehead atoms. The molecule has 0 fully saturated rings. The Morgan fingerprint density at radius 3 is 1.51 bits per heavy atom. The van der Waals surface area contributed by atoms with Gasteiger partial charge < -0.3 is 19.1 Å². The lowest BCUT2D eigenvalue weighted by Crippen LogP contribution is -2.44. The lowest BCUT2D eigenvalue weighted by molar-refractivity contribution is -0.873. The Hall–Kier alpha value is -2.48. The van der Waals surface area contributed by atoms with Gasteiger partial charge in [0.2, 0.25) is 0 Å². The molecule has 49 heavy (non-hydrogen) atoms. The van der Waals surface area contributed by atoms with E-state index in [0.717, 1.165) is 25.7 Å². The number of hydrogen-bond donors (Lipinski definition) is 1. The summed E-state index contributed by atoms with van der Waals surface area (Å²) in [5.74, 6) is -1.37. The zero-order valence-corrected chi connectivity index (χ0v) is 32.4. The van der Waals surface area contributed by atoms with Gasteiger partial charge in [0, 0.05) is 18.8 Å². The van der Waals surface area contributed by atoms with Crippen molar-refractivity contribution in [1.29, 1.82) is 0 Å². The Morgan fingerprint density at radius 1 is 0.673 bits per heavy atom. The second-order valence-corrected chi connectivity index (χ2v) is 14.7. The number of aromatic carboxylic acids is 1. The van der Waals surface area contributed by atoms with Crippen molar-refractivity contribution in [3.05, 3.63) is 30.1 Å². The van der Waals surface area contributed by atoms with Gasteiger partial charge in [-0.2, -0.15) is 0 Å². The van der Waals surface area contributed by atoms with Crippen LogP contribution in [-0.4, -0.2) is 72.9 Å². The number of rotatable bonds is 31. The van der Waals surface area contributed by atoms with Crippen LogP contribution in [0.5, 0.6) is 0 Å². The molecule has 1 unspecified atom stereocenters. The van der Waals surface area contributed by atoms with E-state index < -0.39 is 12.1 Å². The molecule has 0 aromatic carbocycles. The highest BCUT2D eigenvalue weighted by atomic mass is 16.6. The second kappa shape index (κ2) is 32.7. The van der Waals surface area contributed by atoms with Gasteiger partial charge in [0.05, 0.1) is 39.7 Å². The Labute approximate surface area is 300 Å². The summed E-state index contributed by atoms with van der Waals surface area (Å²) in [5, 5.41) is 8.34. The van der Waals surface area contributed by atoms with Crippen LogP contribution in [0, 0.1) is 0 Å². The fraction of sp³-hybridized carbons (Fsp3) is 0.805. The number of unbranched alkanes of at least 4 members (excludes halogenated alkanes) is 21. The number of nitrogens with zero attached hydrogens (tertiary/aromatic N) is 2. The monoisotopic (exact) mass is 692 g/mol. The van der Waals surface area contributed by atoms with Crippen LogP contribution >= 0.6 is 0 Å². The van der Waals surface area contributed by atoms with E-state index in [-0.39, 0.29) is 23.9 Å². The topological polar surface area (TPSA) is 103 Å². The van der Waals surface area contributed by atoms with Crippen molar-refractivity contribution >= 4 is 17.9 Å². The minimum absolute atomic E-state index is 0.151. The standard InChI is InChI=1S/C35H70NO4.C6H5NO2/c1-6-8-10-12-14-16-18-19-21-23-25-27-29-34(37)40-33(32-36(3,4)5)31-35(38)39-30-28-26-24-22-20-17-15-13-11-9-7-2;8-6(9)5-2-1-3-7-4-5/h33H,6-32H2,1-5H3;1-4H,(H,8,9)/q+1;. The van der Waals surface area contributed by atoms with Gasteiger partial charge in [-0.05, 0) is 25.0 Å². The largest absolute Gasteiger partial charge is 0.478 e. The molecule has 1 N–H and O–H groups in total. The van der Waals surface area contributed by atoms with Crippen molar-refractivity contribution in [2.45, 2.75) is 180 Å². The molecule has 284 valence electrons. The molecule has 0 spiro atoms. The van der Waals surface area contributed by atoms with E-state index in [1.807, 2.05) is 0 Å². The maximum atomic E-state index is 12.5. The summed E-state index contributed by atoms with van der Waals surface area (Å²) >= 11 is 0. The minimum atomic E-state index is -0.942. The van der Waals surface area contributed by atoms with E-state index in [1.54, 1.807) is 6.07 Å². The number of carbonyl (C=O) groups is 3. The predicted octanol–water partition coefficient (Wildman–Crippen LogP) is 10.7. The first-order chi connectivity index (χ1) is 23.6. The summed E-state index contributed by atoms with van der Waals surface area (Å²) in [6.07, 6.45) is 32.3. The summed E-state index contributed by atoms with van der Waals surface area (Å²) in [7, 11) is 6.17. The summed E-state index contributed by atoms with van der Waals surface area (Å²) in [4.78, 5) is 38.7. The fourth-order valence-electron chi connectivity index (χ4n) is 5.80. The number of likely N-dealkylation sites (N-methyl/N-ethyl adjacent to an activating group) is 1. The lowest BCUT2D eigenvalue weighted by Gasteiger charge is -2.28. The van der Waals surface area contributed by atoms with E-state index in [9.17, 15) is 14.4 Å². The molecule has 0 aliphatic carbocycles. The molecule has 0 aliphatic heterocycles. The third-order valence-electron chi connectivity index (χ3n) is 8.60. The molecular weight excluding hydrogens is 616 g/mol. The van der Waals surface area contributed by atoms with Gasteiger partial charge in [-0.1, -0.05) is 149 Å². The molecule has 0 saturated heterocycles. The first kappa shape index (κ1) is 46.5. The number of ether oxygens (including phenoxy) is 2. The van der Waals surface area contributed by atoms with Crippen LogP contribution in [0.25, 0.3) is 0 Å². The number of pyridine rings is 1. The third-order valence-corrected chi connectivity index (χ3v) is 8.60. The maximum absolute atomic E-state index is 12.5. The zero-order valence-electron chi connectivity index (χ0n) is 32.4. The van der Waals surface area contributed by atoms with Crippen LogP contribution in [0.2, 0.25) is 0 Å². The van der Waals surface area contributed by atoms with E-state index in [0.29, 0.717) is 24.1 Å². The van der Waals surface area contributed by atoms with Crippen molar-refractivity contribution < 1.29 is 33.4 Å². The molecule has 1 atom stereocenters. The van der Waals surface area contributed by atoms with Crippen LogP contribution in [0.1, 0.15) is 185 Å². The summed E-state index contributed by atoms with van der Waals surface area (Å²) in [5.41, 5.74) is 0.220. The van der Waals surface area contributed by atoms with Crippen molar-refractivity contribution in [3.8, 4) is 0 Å². The first-order valence-corrected chi connectivity index (χ1v) is 19.9. The van der Waals surface area contributed by atoms with Crippen molar-refractivity contribution in [3.63, 3.8) is 0 Å². The van der Waals surface area contributed by atoms with E-state index in [2.05, 4.69) is 40.0 Å². The third kappa shape index (κ3) is 33.8. The van der Waals surface area contributed by atoms with E-state index in [4.69, 9.17) is 14.6 Å². The number of carboxylic acids is 1. The van der Waals surface area contributed by atoms with Crippen LogP contribution in [0.4, 0.5) is 0 Å². The molecular formula is C41H75N2O6+. The number of esters is 2. The molecule has 0 amide bonds. The second-order valence-electron chi connectivity index (χ2n) is 14.7. The van der Waals surface area contributed by atoms with Gasteiger partial charge >= 0.3 is 17.9 Å². The first-order valence-electron chi connectivity index (χ1n) is 19.9. The SMILES string of the molecule is CCCCCCCCCCCCCCC(=O)OC(CC(=O)OCCCCCCCCCCCCC)C[N+](C)(C)C.O=C(O)c1cccnc1. The summed E-state index contributed by atoms with van der Waals surface area (Å²) in [6.45, 7) is 5.61. The van der Waals surface area contributed by atoms with Gasteiger partial charge in [0.25, 0.3) is 0 Å². The quantitative estimate of drug-likeness (QED) is 0.0469.